The molecule has 0 saturated carbocycles. The molecule has 164 valence electrons. The molecule has 0 spiro atoms. The number of ether oxygens (including phenoxy) is 4. The van der Waals surface area contributed by atoms with E-state index in [1.165, 1.54) is 0 Å². The molecule has 0 atom stereocenters. The lowest BCUT2D eigenvalue weighted by atomic mass is 9.98. The Kier molecular flexibility index (Phi) is 6.16. The summed E-state index contributed by atoms with van der Waals surface area (Å²) >= 11 is 0. The van der Waals surface area contributed by atoms with Gasteiger partial charge in [0.2, 0.25) is 12.7 Å². The number of rotatable bonds is 7. The summed E-state index contributed by atoms with van der Waals surface area (Å²) in [4.78, 5) is 26.9. The van der Waals surface area contributed by atoms with E-state index in [2.05, 4.69) is 5.32 Å². The molecule has 0 radical (unpaired) electrons. The van der Waals surface area contributed by atoms with Crippen LogP contribution in [0.2, 0.25) is 0 Å². The molecule has 2 heterocycles. The monoisotopic (exact) mass is 426 g/mol. The van der Waals surface area contributed by atoms with Crippen molar-refractivity contribution in [3.63, 3.8) is 0 Å². The molecular formula is C23H26N2O6. The minimum atomic E-state index is -0.330. The van der Waals surface area contributed by atoms with Gasteiger partial charge in [0, 0.05) is 18.7 Å². The number of benzene rings is 2. The van der Waals surface area contributed by atoms with Gasteiger partial charge in [0.25, 0.3) is 5.91 Å². The van der Waals surface area contributed by atoms with E-state index >= 15 is 0 Å². The summed E-state index contributed by atoms with van der Waals surface area (Å²) in [5.74, 6) is 2.10. The smallest absolute Gasteiger partial charge is 0.251 e. The predicted molar refractivity (Wildman–Crippen MR) is 113 cm³/mol. The van der Waals surface area contributed by atoms with Crippen molar-refractivity contribution in [2.75, 3.05) is 33.1 Å². The van der Waals surface area contributed by atoms with Crippen LogP contribution in [0.4, 0.5) is 0 Å². The van der Waals surface area contributed by atoms with Crippen LogP contribution in [0.3, 0.4) is 0 Å². The summed E-state index contributed by atoms with van der Waals surface area (Å²) in [5, 5.41) is 2.70. The van der Waals surface area contributed by atoms with Gasteiger partial charge in [0.1, 0.15) is 0 Å². The molecule has 2 aromatic rings. The van der Waals surface area contributed by atoms with Gasteiger partial charge >= 0.3 is 0 Å². The van der Waals surface area contributed by atoms with Gasteiger partial charge in [0.05, 0.1) is 19.8 Å². The van der Waals surface area contributed by atoms with Gasteiger partial charge in [-0.1, -0.05) is 0 Å². The molecule has 0 aliphatic carbocycles. The van der Waals surface area contributed by atoms with Gasteiger partial charge in [-0.05, 0) is 61.7 Å². The van der Waals surface area contributed by atoms with Crippen LogP contribution in [-0.2, 0) is 17.8 Å². The molecule has 8 nitrogen and oxygen atoms in total. The predicted octanol–water partition coefficient (Wildman–Crippen LogP) is 2.53. The van der Waals surface area contributed by atoms with Crippen molar-refractivity contribution in [2.24, 2.45) is 0 Å². The maximum atomic E-state index is 12.7. The number of hydrogen-bond acceptors (Lipinski definition) is 6. The molecule has 0 fully saturated rings. The average Bonchev–Trinajstić information content (AvgIpc) is 3.25. The molecule has 0 unspecified atom stereocenters. The fourth-order valence-corrected chi connectivity index (χ4v) is 3.72. The van der Waals surface area contributed by atoms with Crippen LogP contribution in [0, 0.1) is 0 Å². The molecule has 2 amide bonds. The standard InChI is InChI=1S/C23H26N2O6/c1-3-28-20-9-15-7-8-25(13-17(15)11-21(20)29-4-2)22(26)12-24-23(27)16-5-6-18-19(10-16)31-14-30-18/h5-6,9-11H,3-4,7-8,12-14H2,1-2H3,(H,24,27). The summed E-state index contributed by atoms with van der Waals surface area (Å²) in [5.41, 5.74) is 2.61. The molecule has 2 aromatic carbocycles. The molecule has 0 aromatic heterocycles. The van der Waals surface area contributed by atoms with Gasteiger partial charge in [-0.15, -0.1) is 0 Å². The van der Waals surface area contributed by atoms with E-state index in [-0.39, 0.29) is 25.2 Å². The van der Waals surface area contributed by atoms with Crippen LogP contribution < -0.4 is 24.3 Å². The van der Waals surface area contributed by atoms with Gasteiger partial charge in [-0.25, -0.2) is 0 Å². The maximum absolute atomic E-state index is 12.7. The third-order valence-corrected chi connectivity index (χ3v) is 5.27. The van der Waals surface area contributed by atoms with Crippen LogP contribution in [-0.4, -0.2) is 49.8 Å². The highest BCUT2D eigenvalue weighted by Gasteiger charge is 2.24. The Bertz CT molecular complexity index is 990. The molecule has 2 aliphatic heterocycles. The highest BCUT2D eigenvalue weighted by atomic mass is 16.7. The molecule has 0 bridgehead atoms. The minimum absolute atomic E-state index is 0.0715. The first-order valence-corrected chi connectivity index (χ1v) is 10.5. The SMILES string of the molecule is CCOc1cc2c(cc1OCC)CN(C(=O)CNC(=O)c1ccc3c(c1)OCO3)CC2. The number of nitrogens with one attached hydrogen (secondary N) is 1. The largest absolute Gasteiger partial charge is 0.490 e. The zero-order chi connectivity index (χ0) is 21.8. The normalized spacial score (nSPS) is 14.1. The third-order valence-electron chi connectivity index (χ3n) is 5.27. The van der Waals surface area contributed by atoms with E-state index in [1.807, 2.05) is 26.0 Å². The summed E-state index contributed by atoms with van der Waals surface area (Å²) in [6.45, 7) is 6.09. The van der Waals surface area contributed by atoms with Crippen molar-refractivity contribution < 1.29 is 28.5 Å². The molecule has 8 heteroatoms. The lowest BCUT2D eigenvalue weighted by Gasteiger charge is -2.30. The van der Waals surface area contributed by atoms with Crippen molar-refractivity contribution in [1.82, 2.24) is 10.2 Å². The quantitative estimate of drug-likeness (QED) is 0.732. The molecular weight excluding hydrogens is 400 g/mol. The van der Waals surface area contributed by atoms with Gasteiger partial charge < -0.3 is 29.2 Å². The number of nitrogens with zero attached hydrogens (tertiary/aromatic N) is 1. The molecule has 1 N–H and O–H groups in total. The fourth-order valence-electron chi connectivity index (χ4n) is 3.72. The molecule has 0 saturated heterocycles. The van der Waals surface area contributed by atoms with Gasteiger partial charge in [0.15, 0.2) is 23.0 Å². The van der Waals surface area contributed by atoms with Crippen LogP contribution in [0.1, 0.15) is 35.3 Å². The van der Waals surface area contributed by atoms with E-state index in [4.69, 9.17) is 18.9 Å². The van der Waals surface area contributed by atoms with Crippen molar-refractivity contribution in [2.45, 2.75) is 26.8 Å². The van der Waals surface area contributed by atoms with E-state index in [9.17, 15) is 9.59 Å². The second-order valence-electron chi connectivity index (χ2n) is 7.25. The molecule has 4 rings (SSSR count). The highest BCUT2D eigenvalue weighted by molar-refractivity contribution is 5.97. The van der Waals surface area contributed by atoms with Crippen LogP contribution in [0.5, 0.6) is 23.0 Å². The Hall–Kier alpha value is -3.42. The van der Waals surface area contributed by atoms with Crippen LogP contribution in [0.15, 0.2) is 30.3 Å². The molecule has 2 aliphatic rings. The first kappa shape index (κ1) is 20.8. The summed E-state index contributed by atoms with van der Waals surface area (Å²) < 4.78 is 22.0. The Morgan fingerprint density at radius 3 is 2.45 bits per heavy atom. The summed E-state index contributed by atoms with van der Waals surface area (Å²) in [7, 11) is 0. The van der Waals surface area contributed by atoms with E-state index < -0.39 is 0 Å². The number of hydrogen-bond donors (Lipinski definition) is 1. The average molecular weight is 426 g/mol. The van der Waals surface area contributed by atoms with E-state index in [0.29, 0.717) is 49.1 Å². The minimum Gasteiger partial charge on any atom is -0.490 e. The Morgan fingerprint density at radius 2 is 1.71 bits per heavy atom. The number of carbonyl (C=O) groups excluding carboxylic acids is 2. The first-order chi connectivity index (χ1) is 15.1. The number of fused-ring (bicyclic) bond motifs is 2. The maximum Gasteiger partial charge on any atom is 0.251 e. The fraction of sp³-hybridized carbons (Fsp3) is 0.391. The highest BCUT2D eigenvalue weighted by Crippen LogP contribution is 2.34. The Labute approximate surface area is 181 Å². The van der Waals surface area contributed by atoms with Crippen molar-refractivity contribution in [1.29, 1.82) is 0 Å². The Morgan fingerprint density at radius 1 is 1.00 bits per heavy atom. The lowest BCUT2D eigenvalue weighted by molar-refractivity contribution is -0.131. The van der Waals surface area contributed by atoms with E-state index in [0.717, 1.165) is 23.3 Å². The zero-order valence-corrected chi connectivity index (χ0v) is 17.7. The second kappa shape index (κ2) is 9.16. The van der Waals surface area contributed by atoms with Crippen molar-refractivity contribution in [3.8, 4) is 23.0 Å². The summed E-state index contributed by atoms with van der Waals surface area (Å²) in [6, 6.07) is 8.91. The van der Waals surface area contributed by atoms with Gasteiger partial charge in [-0.2, -0.15) is 0 Å². The Balaban J connectivity index is 1.38. The van der Waals surface area contributed by atoms with Crippen molar-refractivity contribution >= 4 is 11.8 Å². The number of carbonyl (C=O) groups is 2. The topological polar surface area (TPSA) is 86.3 Å². The third kappa shape index (κ3) is 4.52. The van der Waals surface area contributed by atoms with Crippen molar-refractivity contribution in [3.05, 3.63) is 47.0 Å². The second-order valence-corrected chi connectivity index (χ2v) is 7.25. The van der Waals surface area contributed by atoms with Crippen LogP contribution in [0.25, 0.3) is 0 Å². The van der Waals surface area contributed by atoms with E-state index in [1.54, 1.807) is 23.1 Å². The first-order valence-electron chi connectivity index (χ1n) is 10.5. The zero-order valence-electron chi connectivity index (χ0n) is 17.7. The van der Waals surface area contributed by atoms with Crippen LogP contribution >= 0.6 is 0 Å². The lowest BCUT2D eigenvalue weighted by Crippen LogP contribution is -2.42. The number of amides is 2. The van der Waals surface area contributed by atoms with Gasteiger partial charge in [-0.3, -0.25) is 9.59 Å². The summed E-state index contributed by atoms with van der Waals surface area (Å²) in [6.07, 6.45) is 0.726. The molecule has 31 heavy (non-hydrogen) atoms.